The summed E-state index contributed by atoms with van der Waals surface area (Å²) in [5, 5.41) is 22.4. The van der Waals surface area contributed by atoms with Crippen LogP contribution in [0.3, 0.4) is 0 Å². The standard InChI is InChI=1S/C15H22N4O2.2ClH/c1-10(2)17-8-12(20)9-21-15-13(6-16)14-11(7-18-15)4-5-19(14)3;;/h7,10,12,17,20H,4-5,8-9H2,1-3H3;2*1H. The van der Waals surface area contributed by atoms with E-state index in [-0.39, 0.29) is 31.4 Å². The van der Waals surface area contributed by atoms with Gasteiger partial charge in [0.05, 0.1) is 5.69 Å². The van der Waals surface area contributed by atoms with Crippen LogP contribution in [-0.4, -0.2) is 49.0 Å². The van der Waals surface area contributed by atoms with E-state index in [1.807, 2.05) is 25.8 Å². The van der Waals surface area contributed by atoms with Crippen molar-refractivity contribution in [2.75, 3.05) is 31.6 Å². The highest BCUT2D eigenvalue weighted by molar-refractivity contribution is 5.85. The minimum absolute atomic E-state index is 0. The van der Waals surface area contributed by atoms with Gasteiger partial charge in [0, 0.05) is 32.4 Å². The molecule has 0 saturated carbocycles. The summed E-state index contributed by atoms with van der Waals surface area (Å²) >= 11 is 0. The molecular weight excluding hydrogens is 339 g/mol. The lowest BCUT2D eigenvalue weighted by Crippen LogP contribution is -2.35. The van der Waals surface area contributed by atoms with Crippen molar-refractivity contribution in [1.82, 2.24) is 10.3 Å². The number of nitrogens with one attached hydrogen (secondary N) is 1. The quantitative estimate of drug-likeness (QED) is 0.798. The van der Waals surface area contributed by atoms with Gasteiger partial charge in [0.25, 0.3) is 0 Å². The maximum Gasteiger partial charge on any atom is 0.233 e. The van der Waals surface area contributed by atoms with Crippen molar-refractivity contribution < 1.29 is 9.84 Å². The van der Waals surface area contributed by atoms with Gasteiger partial charge in [-0.25, -0.2) is 4.98 Å². The average Bonchev–Trinajstić information content (AvgIpc) is 2.84. The van der Waals surface area contributed by atoms with E-state index in [1.165, 1.54) is 0 Å². The maximum absolute atomic E-state index is 9.86. The van der Waals surface area contributed by atoms with Crippen molar-refractivity contribution >= 4 is 30.5 Å². The van der Waals surface area contributed by atoms with Crippen molar-refractivity contribution in [3.05, 3.63) is 17.3 Å². The van der Waals surface area contributed by atoms with Gasteiger partial charge < -0.3 is 20.1 Å². The van der Waals surface area contributed by atoms with E-state index in [9.17, 15) is 10.4 Å². The number of nitriles is 1. The highest BCUT2D eigenvalue weighted by Gasteiger charge is 2.24. The molecule has 1 aliphatic heterocycles. The number of anilines is 1. The minimum Gasteiger partial charge on any atom is -0.474 e. The Bertz CT molecular complexity index is 549. The lowest BCUT2D eigenvalue weighted by Gasteiger charge is -2.17. The van der Waals surface area contributed by atoms with Gasteiger partial charge in [-0.2, -0.15) is 5.26 Å². The normalized spacial score (nSPS) is 13.7. The van der Waals surface area contributed by atoms with Gasteiger partial charge in [-0.3, -0.25) is 0 Å². The molecule has 0 aromatic carbocycles. The number of aromatic nitrogens is 1. The Balaban J connectivity index is 0.00000242. The van der Waals surface area contributed by atoms with Gasteiger partial charge in [-0.15, -0.1) is 24.8 Å². The summed E-state index contributed by atoms with van der Waals surface area (Å²) in [6.45, 7) is 5.48. The number of fused-ring (bicyclic) bond motifs is 1. The molecule has 1 unspecified atom stereocenters. The number of hydrogen-bond donors (Lipinski definition) is 2. The number of likely N-dealkylation sites (N-methyl/N-ethyl adjacent to an activating group) is 1. The van der Waals surface area contributed by atoms with Crippen LogP contribution in [0.4, 0.5) is 5.69 Å². The predicted octanol–water partition coefficient (Wildman–Crippen LogP) is 1.53. The van der Waals surface area contributed by atoms with E-state index < -0.39 is 6.10 Å². The highest BCUT2D eigenvalue weighted by atomic mass is 35.5. The molecule has 1 aromatic rings. The summed E-state index contributed by atoms with van der Waals surface area (Å²) in [6, 6.07) is 2.48. The van der Waals surface area contributed by atoms with Crippen LogP contribution in [0.2, 0.25) is 0 Å². The van der Waals surface area contributed by atoms with E-state index in [0.717, 1.165) is 24.2 Å². The summed E-state index contributed by atoms with van der Waals surface area (Å²) < 4.78 is 5.55. The number of nitrogens with zero attached hydrogens (tertiary/aromatic N) is 3. The fourth-order valence-corrected chi connectivity index (χ4v) is 2.36. The van der Waals surface area contributed by atoms with Gasteiger partial charge in [-0.05, 0) is 12.0 Å². The van der Waals surface area contributed by atoms with Gasteiger partial charge in [0.1, 0.15) is 24.3 Å². The molecule has 2 heterocycles. The monoisotopic (exact) mass is 362 g/mol. The summed E-state index contributed by atoms with van der Waals surface area (Å²) in [5.74, 6) is 0.300. The summed E-state index contributed by atoms with van der Waals surface area (Å²) in [6.07, 6.45) is 2.02. The Morgan fingerprint density at radius 2 is 2.17 bits per heavy atom. The van der Waals surface area contributed by atoms with Crippen LogP contribution in [0.25, 0.3) is 0 Å². The number of pyridine rings is 1. The molecule has 0 fully saturated rings. The molecule has 0 radical (unpaired) electrons. The predicted molar refractivity (Wildman–Crippen MR) is 95.1 cm³/mol. The molecule has 0 bridgehead atoms. The smallest absolute Gasteiger partial charge is 0.233 e. The fraction of sp³-hybridized carbons (Fsp3) is 0.600. The first-order valence-corrected chi connectivity index (χ1v) is 7.20. The molecule has 0 amide bonds. The number of halogens is 2. The largest absolute Gasteiger partial charge is 0.474 e. The molecule has 130 valence electrons. The van der Waals surface area contributed by atoms with Crippen LogP contribution in [0, 0.1) is 11.3 Å². The second-order valence-electron chi connectivity index (χ2n) is 5.62. The number of hydrogen-bond acceptors (Lipinski definition) is 6. The van der Waals surface area contributed by atoms with Crippen LogP contribution in [-0.2, 0) is 6.42 Å². The molecule has 2 N–H and O–H groups in total. The van der Waals surface area contributed by atoms with E-state index in [1.54, 1.807) is 6.20 Å². The maximum atomic E-state index is 9.86. The van der Waals surface area contributed by atoms with Gasteiger partial charge in [-0.1, -0.05) is 13.8 Å². The second-order valence-corrected chi connectivity index (χ2v) is 5.62. The third kappa shape index (κ3) is 5.40. The molecule has 2 rings (SSSR count). The van der Waals surface area contributed by atoms with Crippen molar-refractivity contribution in [2.24, 2.45) is 0 Å². The number of rotatable bonds is 6. The zero-order chi connectivity index (χ0) is 15.4. The molecule has 1 atom stereocenters. The van der Waals surface area contributed by atoms with Crippen molar-refractivity contribution in [3.8, 4) is 11.9 Å². The Kier molecular flexibility index (Phi) is 9.25. The van der Waals surface area contributed by atoms with Gasteiger partial charge in [0.15, 0.2) is 0 Å². The lowest BCUT2D eigenvalue weighted by molar-refractivity contribution is 0.102. The third-order valence-electron chi connectivity index (χ3n) is 3.48. The Labute approximate surface area is 149 Å². The molecule has 0 spiro atoms. The lowest BCUT2D eigenvalue weighted by atomic mass is 10.1. The number of aliphatic hydroxyl groups is 1. The van der Waals surface area contributed by atoms with Crippen LogP contribution in [0.5, 0.6) is 5.88 Å². The zero-order valence-electron chi connectivity index (χ0n) is 13.6. The van der Waals surface area contributed by atoms with Crippen LogP contribution >= 0.6 is 24.8 Å². The van der Waals surface area contributed by atoms with Crippen molar-refractivity contribution in [1.29, 1.82) is 5.26 Å². The Morgan fingerprint density at radius 3 is 2.78 bits per heavy atom. The van der Waals surface area contributed by atoms with E-state index in [0.29, 0.717) is 24.0 Å². The van der Waals surface area contributed by atoms with Crippen LogP contribution in [0.1, 0.15) is 25.0 Å². The highest BCUT2D eigenvalue weighted by Crippen LogP contribution is 2.34. The van der Waals surface area contributed by atoms with E-state index in [2.05, 4.69) is 16.4 Å². The number of ether oxygens (including phenoxy) is 1. The molecule has 0 saturated heterocycles. The molecule has 6 nitrogen and oxygen atoms in total. The van der Waals surface area contributed by atoms with Crippen molar-refractivity contribution in [2.45, 2.75) is 32.4 Å². The zero-order valence-corrected chi connectivity index (χ0v) is 15.2. The second kappa shape index (κ2) is 9.78. The van der Waals surface area contributed by atoms with E-state index in [4.69, 9.17) is 4.74 Å². The van der Waals surface area contributed by atoms with Gasteiger partial charge >= 0.3 is 0 Å². The molecule has 23 heavy (non-hydrogen) atoms. The number of aliphatic hydroxyl groups excluding tert-OH is 1. The molecule has 1 aliphatic rings. The molecule has 0 aliphatic carbocycles. The first kappa shape index (κ1) is 21.7. The topological polar surface area (TPSA) is 81.4 Å². The van der Waals surface area contributed by atoms with Crippen molar-refractivity contribution in [3.63, 3.8) is 0 Å². The van der Waals surface area contributed by atoms with Gasteiger partial charge in [0.2, 0.25) is 5.88 Å². The Hall–Kier alpha value is -1.26. The average molecular weight is 363 g/mol. The third-order valence-corrected chi connectivity index (χ3v) is 3.48. The molecule has 1 aromatic heterocycles. The first-order chi connectivity index (χ1) is 10.0. The summed E-state index contributed by atoms with van der Waals surface area (Å²) in [5.41, 5.74) is 2.43. The van der Waals surface area contributed by atoms with E-state index >= 15 is 0 Å². The molecule has 8 heteroatoms. The molecular formula is C15H24Cl2N4O2. The SMILES string of the molecule is CC(C)NCC(O)COc1ncc2c(c1C#N)N(C)CC2.Cl.Cl. The fourth-order valence-electron chi connectivity index (χ4n) is 2.36. The summed E-state index contributed by atoms with van der Waals surface area (Å²) in [7, 11) is 1.96. The first-order valence-electron chi connectivity index (χ1n) is 7.20. The van der Waals surface area contributed by atoms with Crippen LogP contribution in [0.15, 0.2) is 6.20 Å². The summed E-state index contributed by atoms with van der Waals surface area (Å²) in [4.78, 5) is 6.26. The Morgan fingerprint density at radius 1 is 1.48 bits per heavy atom. The minimum atomic E-state index is -0.633. The van der Waals surface area contributed by atoms with Crippen LogP contribution < -0.4 is 15.0 Å².